The minimum absolute atomic E-state index is 0.0756. The Hall–Kier alpha value is -2.50. The molecule has 0 saturated heterocycles. The lowest BCUT2D eigenvalue weighted by Crippen LogP contribution is -1.98. The van der Waals surface area contributed by atoms with E-state index in [9.17, 15) is 19.7 Å². The summed E-state index contributed by atoms with van der Waals surface area (Å²) in [4.78, 5) is 31.3. The van der Waals surface area contributed by atoms with Gasteiger partial charge >= 0.3 is 5.97 Å². The fourth-order valence-corrected chi connectivity index (χ4v) is 1.02. The molecule has 0 spiro atoms. The second kappa shape index (κ2) is 4.83. The molecule has 0 fully saturated rings. The number of ketones is 1. The van der Waals surface area contributed by atoms with Crippen molar-refractivity contribution in [2.75, 3.05) is 0 Å². The van der Waals surface area contributed by atoms with Crippen LogP contribution < -0.4 is 0 Å². The summed E-state index contributed by atoms with van der Waals surface area (Å²) in [5, 5.41) is 18.7. The smallest absolute Gasteiger partial charge is 0.328 e. The van der Waals surface area contributed by atoms with Gasteiger partial charge in [0.2, 0.25) is 0 Å². The molecule has 1 aromatic rings. The molecular formula is C10H7NO5. The molecule has 82 valence electrons. The van der Waals surface area contributed by atoms with E-state index in [1.54, 1.807) is 0 Å². The van der Waals surface area contributed by atoms with Gasteiger partial charge in [0.05, 0.1) is 4.92 Å². The number of carbonyl (C=O) groups excluding carboxylic acids is 1. The van der Waals surface area contributed by atoms with Crippen molar-refractivity contribution in [2.45, 2.75) is 0 Å². The van der Waals surface area contributed by atoms with Crippen molar-refractivity contribution in [3.8, 4) is 0 Å². The summed E-state index contributed by atoms with van der Waals surface area (Å²) in [5.41, 5.74) is -0.138. The summed E-state index contributed by atoms with van der Waals surface area (Å²) < 4.78 is 0. The van der Waals surface area contributed by atoms with Crippen LogP contribution in [-0.2, 0) is 4.79 Å². The quantitative estimate of drug-likeness (QED) is 0.359. The molecule has 0 aliphatic heterocycles. The molecule has 0 aliphatic rings. The summed E-state index contributed by atoms with van der Waals surface area (Å²) in [6.45, 7) is 0. The van der Waals surface area contributed by atoms with Gasteiger partial charge in [0.1, 0.15) is 0 Å². The number of non-ortho nitro benzene ring substituents is 1. The largest absolute Gasteiger partial charge is 0.478 e. The molecule has 0 saturated carbocycles. The maximum Gasteiger partial charge on any atom is 0.328 e. The van der Waals surface area contributed by atoms with Crippen LogP contribution >= 0.6 is 0 Å². The average molecular weight is 221 g/mol. The third-order valence-electron chi connectivity index (χ3n) is 1.72. The van der Waals surface area contributed by atoms with Gasteiger partial charge in [-0.05, 0) is 6.08 Å². The lowest BCUT2D eigenvalue weighted by molar-refractivity contribution is -0.384. The van der Waals surface area contributed by atoms with Crippen LogP contribution in [-0.4, -0.2) is 21.8 Å². The van der Waals surface area contributed by atoms with Crippen LogP contribution in [0.4, 0.5) is 5.69 Å². The van der Waals surface area contributed by atoms with Gasteiger partial charge in [-0.3, -0.25) is 14.9 Å². The van der Waals surface area contributed by atoms with Crippen LogP contribution in [0.3, 0.4) is 0 Å². The Labute approximate surface area is 90.0 Å². The number of carbonyl (C=O) groups is 2. The zero-order chi connectivity index (χ0) is 12.1. The van der Waals surface area contributed by atoms with E-state index in [-0.39, 0.29) is 11.3 Å². The standard InChI is InChI=1S/C10H7NO5/c12-9(4-5-10(13)14)7-2-1-3-8(6-7)11(15)16/h1-6H,(H,13,14)/b5-4+. The van der Waals surface area contributed by atoms with Crippen LogP contribution in [0.5, 0.6) is 0 Å². The predicted molar refractivity (Wildman–Crippen MR) is 54.2 cm³/mol. The monoisotopic (exact) mass is 221 g/mol. The van der Waals surface area contributed by atoms with Gasteiger partial charge in [0.15, 0.2) is 5.78 Å². The third kappa shape index (κ3) is 3.02. The molecular weight excluding hydrogens is 214 g/mol. The van der Waals surface area contributed by atoms with Crippen molar-refractivity contribution in [2.24, 2.45) is 0 Å². The minimum atomic E-state index is -1.25. The first-order valence-corrected chi connectivity index (χ1v) is 4.20. The molecule has 0 aliphatic carbocycles. The normalized spacial score (nSPS) is 10.2. The fraction of sp³-hybridized carbons (Fsp3) is 0. The molecule has 0 unspecified atom stereocenters. The lowest BCUT2D eigenvalue weighted by atomic mass is 10.1. The van der Waals surface area contributed by atoms with Gasteiger partial charge in [-0.1, -0.05) is 12.1 Å². The van der Waals surface area contributed by atoms with E-state index in [4.69, 9.17) is 5.11 Å². The van der Waals surface area contributed by atoms with E-state index in [0.717, 1.165) is 12.1 Å². The van der Waals surface area contributed by atoms with Crippen LogP contribution in [0.2, 0.25) is 0 Å². The number of nitro benzene ring substituents is 1. The summed E-state index contributed by atoms with van der Waals surface area (Å²) in [6.07, 6.45) is 1.53. The van der Waals surface area contributed by atoms with E-state index in [2.05, 4.69) is 0 Å². The number of nitrogens with zero attached hydrogens (tertiary/aromatic N) is 1. The molecule has 1 aromatic carbocycles. The topological polar surface area (TPSA) is 97.5 Å². The molecule has 0 heterocycles. The van der Waals surface area contributed by atoms with Gasteiger partial charge < -0.3 is 5.11 Å². The fourth-order valence-electron chi connectivity index (χ4n) is 1.02. The molecule has 0 aromatic heterocycles. The lowest BCUT2D eigenvalue weighted by Gasteiger charge is -1.95. The molecule has 6 nitrogen and oxygen atoms in total. The highest BCUT2D eigenvalue weighted by atomic mass is 16.6. The number of nitro groups is 1. The highest BCUT2D eigenvalue weighted by Crippen LogP contribution is 2.13. The second-order valence-corrected chi connectivity index (χ2v) is 2.84. The summed E-state index contributed by atoms with van der Waals surface area (Å²) in [6, 6.07) is 5.08. The number of allylic oxidation sites excluding steroid dienone is 1. The number of carboxylic acid groups (broad SMARTS) is 1. The molecule has 1 N–H and O–H groups in total. The Balaban J connectivity index is 2.96. The van der Waals surface area contributed by atoms with Crippen molar-refractivity contribution in [3.05, 3.63) is 52.1 Å². The van der Waals surface area contributed by atoms with Gasteiger partial charge in [-0.15, -0.1) is 0 Å². The molecule has 0 radical (unpaired) electrons. The Bertz CT molecular complexity index is 478. The predicted octanol–water partition coefficient (Wildman–Crippen LogP) is 1.42. The number of rotatable bonds is 4. The van der Waals surface area contributed by atoms with Crippen LogP contribution in [0.1, 0.15) is 10.4 Å². The molecule has 0 bridgehead atoms. The zero-order valence-corrected chi connectivity index (χ0v) is 7.99. The van der Waals surface area contributed by atoms with Crippen molar-refractivity contribution >= 4 is 17.4 Å². The van der Waals surface area contributed by atoms with Crippen molar-refractivity contribution in [1.29, 1.82) is 0 Å². The summed E-state index contributed by atoms with van der Waals surface area (Å²) in [5.74, 6) is -1.84. The number of hydrogen-bond donors (Lipinski definition) is 1. The Morgan fingerprint density at radius 2 is 2.00 bits per heavy atom. The minimum Gasteiger partial charge on any atom is -0.478 e. The second-order valence-electron chi connectivity index (χ2n) is 2.84. The van der Waals surface area contributed by atoms with E-state index in [0.29, 0.717) is 6.08 Å². The van der Waals surface area contributed by atoms with Crippen LogP contribution in [0.25, 0.3) is 0 Å². The van der Waals surface area contributed by atoms with Crippen LogP contribution in [0, 0.1) is 10.1 Å². The first-order chi connectivity index (χ1) is 7.50. The maximum atomic E-state index is 11.4. The van der Waals surface area contributed by atoms with E-state index < -0.39 is 16.7 Å². The van der Waals surface area contributed by atoms with Gasteiger partial charge in [0, 0.05) is 23.8 Å². The summed E-state index contributed by atoms with van der Waals surface area (Å²) >= 11 is 0. The van der Waals surface area contributed by atoms with E-state index in [1.165, 1.54) is 18.2 Å². The Kier molecular flexibility index (Phi) is 3.49. The number of benzene rings is 1. The number of carboxylic acids is 1. The molecule has 16 heavy (non-hydrogen) atoms. The Morgan fingerprint density at radius 1 is 1.31 bits per heavy atom. The Morgan fingerprint density at radius 3 is 2.56 bits per heavy atom. The van der Waals surface area contributed by atoms with Crippen LogP contribution in [0.15, 0.2) is 36.4 Å². The number of hydrogen-bond acceptors (Lipinski definition) is 4. The highest BCUT2D eigenvalue weighted by molar-refractivity contribution is 6.07. The first kappa shape index (κ1) is 11.6. The summed E-state index contributed by atoms with van der Waals surface area (Å²) in [7, 11) is 0. The molecule has 1 rings (SSSR count). The van der Waals surface area contributed by atoms with Gasteiger partial charge in [-0.2, -0.15) is 0 Å². The SMILES string of the molecule is O=C(O)/C=C/C(=O)c1cccc([N+](=O)[O-])c1. The maximum absolute atomic E-state index is 11.4. The molecule has 0 amide bonds. The van der Waals surface area contributed by atoms with E-state index >= 15 is 0 Å². The van der Waals surface area contributed by atoms with E-state index in [1.807, 2.05) is 0 Å². The number of aliphatic carboxylic acids is 1. The first-order valence-electron chi connectivity index (χ1n) is 4.20. The molecule has 0 atom stereocenters. The third-order valence-corrected chi connectivity index (χ3v) is 1.72. The zero-order valence-electron chi connectivity index (χ0n) is 7.99. The van der Waals surface area contributed by atoms with Gasteiger partial charge in [0.25, 0.3) is 5.69 Å². The molecule has 6 heteroatoms. The van der Waals surface area contributed by atoms with Crippen molar-refractivity contribution in [1.82, 2.24) is 0 Å². The van der Waals surface area contributed by atoms with Gasteiger partial charge in [-0.25, -0.2) is 4.79 Å². The van der Waals surface area contributed by atoms with Crippen molar-refractivity contribution in [3.63, 3.8) is 0 Å². The highest BCUT2D eigenvalue weighted by Gasteiger charge is 2.09. The van der Waals surface area contributed by atoms with Crippen molar-refractivity contribution < 1.29 is 19.6 Å². The average Bonchev–Trinajstić information content (AvgIpc) is 2.26.